The summed E-state index contributed by atoms with van der Waals surface area (Å²) in [5.41, 5.74) is 1.44. The van der Waals surface area contributed by atoms with E-state index in [0.717, 1.165) is 51.6 Å². The van der Waals surface area contributed by atoms with E-state index in [1.165, 1.54) is 12.0 Å². The van der Waals surface area contributed by atoms with E-state index in [1.807, 2.05) is 18.8 Å². The van der Waals surface area contributed by atoms with Crippen LogP contribution >= 0.6 is 11.8 Å². The van der Waals surface area contributed by atoms with Crippen molar-refractivity contribution in [1.82, 2.24) is 10.2 Å². The summed E-state index contributed by atoms with van der Waals surface area (Å²) in [6.45, 7) is 4.85. The number of aliphatic imine (C=N–C) groups is 1. The summed E-state index contributed by atoms with van der Waals surface area (Å²) in [4.78, 5) is 6.95. The fourth-order valence-electron chi connectivity index (χ4n) is 3.72. The Labute approximate surface area is 150 Å². The average molecular weight is 348 g/mol. The van der Waals surface area contributed by atoms with E-state index in [0.29, 0.717) is 5.92 Å². The molecule has 1 N–H and O–H groups in total. The summed E-state index contributed by atoms with van der Waals surface area (Å²) in [5, 5.41) is 3.64. The lowest BCUT2D eigenvalue weighted by atomic mass is 9.99. The normalized spacial score (nSPS) is 24.2. The van der Waals surface area contributed by atoms with Gasteiger partial charge < -0.3 is 15.0 Å². The van der Waals surface area contributed by atoms with Gasteiger partial charge in [-0.25, -0.2) is 0 Å². The number of rotatable bonds is 4. The van der Waals surface area contributed by atoms with E-state index in [9.17, 15) is 0 Å². The Morgan fingerprint density at radius 3 is 2.75 bits per heavy atom. The maximum absolute atomic E-state index is 5.54. The maximum atomic E-state index is 5.54. The van der Waals surface area contributed by atoms with Gasteiger partial charge in [-0.15, -0.1) is 0 Å². The molecule has 2 heterocycles. The molecule has 0 saturated carbocycles. The van der Waals surface area contributed by atoms with Gasteiger partial charge in [0.2, 0.25) is 0 Å². The molecule has 0 aliphatic carbocycles. The molecule has 1 unspecified atom stereocenters. The van der Waals surface area contributed by atoms with Crippen molar-refractivity contribution in [1.29, 1.82) is 0 Å². The van der Waals surface area contributed by atoms with E-state index < -0.39 is 0 Å². The fraction of sp³-hybridized carbons (Fsp3) is 0.632. The number of guanidine groups is 1. The quantitative estimate of drug-likeness (QED) is 0.671. The lowest BCUT2D eigenvalue weighted by Gasteiger charge is -2.37. The second kappa shape index (κ2) is 8.26. The van der Waals surface area contributed by atoms with Crippen molar-refractivity contribution in [3.05, 3.63) is 35.9 Å². The topological polar surface area (TPSA) is 36.9 Å². The van der Waals surface area contributed by atoms with Crippen LogP contribution in [0, 0.1) is 0 Å². The summed E-state index contributed by atoms with van der Waals surface area (Å²) in [6.07, 6.45) is 5.65. The molecule has 2 fully saturated rings. The number of hydrogen-bond acceptors (Lipinski definition) is 3. The Morgan fingerprint density at radius 2 is 2.08 bits per heavy atom. The lowest BCUT2D eigenvalue weighted by Crippen LogP contribution is -2.48. The number of nitrogens with zero attached hydrogens (tertiary/aromatic N) is 2. The molecule has 4 nitrogen and oxygen atoms in total. The van der Waals surface area contributed by atoms with Crippen LogP contribution in [0.5, 0.6) is 0 Å². The summed E-state index contributed by atoms with van der Waals surface area (Å²) in [5.74, 6) is 1.66. The van der Waals surface area contributed by atoms with Crippen molar-refractivity contribution in [2.24, 2.45) is 4.99 Å². The van der Waals surface area contributed by atoms with Crippen LogP contribution in [-0.2, 0) is 4.74 Å². The van der Waals surface area contributed by atoms with Gasteiger partial charge in [0.05, 0.1) is 0 Å². The van der Waals surface area contributed by atoms with Crippen LogP contribution in [0.3, 0.4) is 0 Å². The molecule has 3 rings (SSSR count). The Hall–Kier alpha value is -1.20. The standard InChI is InChI=1S/C19H29N3OS/c1-20-18(21-15-19(24-2)9-12-23-13-10-19)22-11-8-17(14-22)16-6-4-3-5-7-16/h3-7,17H,8-15H2,1-2H3,(H,20,21). The minimum Gasteiger partial charge on any atom is -0.381 e. The summed E-state index contributed by atoms with van der Waals surface area (Å²) in [7, 11) is 1.90. The first-order valence-corrected chi connectivity index (χ1v) is 10.1. The average Bonchev–Trinajstić information content (AvgIpc) is 3.14. The Bertz CT molecular complexity index is 543. The predicted molar refractivity (Wildman–Crippen MR) is 103 cm³/mol. The van der Waals surface area contributed by atoms with Crippen molar-refractivity contribution in [2.45, 2.75) is 29.9 Å². The van der Waals surface area contributed by atoms with E-state index >= 15 is 0 Å². The predicted octanol–water partition coefficient (Wildman–Crippen LogP) is 2.96. The molecule has 132 valence electrons. The van der Waals surface area contributed by atoms with Crippen molar-refractivity contribution in [3.8, 4) is 0 Å². The molecule has 0 spiro atoms. The van der Waals surface area contributed by atoms with Gasteiger partial charge in [0.1, 0.15) is 0 Å². The van der Waals surface area contributed by atoms with E-state index in [-0.39, 0.29) is 4.75 Å². The summed E-state index contributed by atoms with van der Waals surface area (Å²) < 4.78 is 5.83. The van der Waals surface area contributed by atoms with Crippen LogP contribution in [-0.4, -0.2) is 61.8 Å². The second-order valence-electron chi connectivity index (χ2n) is 6.74. The van der Waals surface area contributed by atoms with E-state index in [1.54, 1.807) is 0 Å². The Morgan fingerprint density at radius 1 is 1.33 bits per heavy atom. The molecule has 0 radical (unpaired) electrons. The highest BCUT2D eigenvalue weighted by Crippen LogP contribution is 2.33. The Kier molecular flexibility index (Phi) is 6.06. The van der Waals surface area contributed by atoms with Crippen molar-refractivity contribution < 1.29 is 4.74 Å². The molecule has 2 aliphatic rings. The minimum atomic E-state index is 0.284. The molecule has 0 aromatic heterocycles. The van der Waals surface area contributed by atoms with Crippen LogP contribution in [0.4, 0.5) is 0 Å². The minimum absolute atomic E-state index is 0.284. The van der Waals surface area contributed by atoms with Crippen molar-refractivity contribution in [3.63, 3.8) is 0 Å². The molecule has 5 heteroatoms. The van der Waals surface area contributed by atoms with Crippen LogP contribution < -0.4 is 5.32 Å². The SMILES string of the molecule is CN=C(NCC1(SC)CCOCC1)N1CCC(c2ccccc2)C1. The van der Waals surface area contributed by atoms with Gasteiger partial charge in [-0.3, -0.25) is 4.99 Å². The number of nitrogens with one attached hydrogen (secondary N) is 1. The second-order valence-corrected chi connectivity index (χ2v) is 8.02. The number of ether oxygens (including phenoxy) is 1. The first kappa shape index (κ1) is 17.6. The monoisotopic (exact) mass is 347 g/mol. The van der Waals surface area contributed by atoms with Gasteiger partial charge in [-0.05, 0) is 31.1 Å². The van der Waals surface area contributed by atoms with Gasteiger partial charge in [0.15, 0.2) is 5.96 Å². The fourth-order valence-corrected chi connectivity index (χ4v) is 4.51. The molecule has 0 amide bonds. The molecular weight excluding hydrogens is 318 g/mol. The van der Waals surface area contributed by atoms with Gasteiger partial charge in [0, 0.05) is 50.6 Å². The van der Waals surface area contributed by atoms with E-state index in [4.69, 9.17) is 4.74 Å². The van der Waals surface area contributed by atoms with Gasteiger partial charge in [0.25, 0.3) is 0 Å². The first-order valence-electron chi connectivity index (χ1n) is 8.90. The molecule has 1 atom stereocenters. The van der Waals surface area contributed by atoms with Crippen LogP contribution in [0.15, 0.2) is 35.3 Å². The number of benzene rings is 1. The molecular formula is C19H29N3OS. The Balaban J connectivity index is 1.57. The third-order valence-corrected chi connectivity index (χ3v) is 6.79. The van der Waals surface area contributed by atoms with Crippen molar-refractivity contribution in [2.75, 3.05) is 46.2 Å². The van der Waals surface area contributed by atoms with Gasteiger partial charge in [-0.2, -0.15) is 11.8 Å². The highest BCUT2D eigenvalue weighted by Gasteiger charge is 2.33. The largest absolute Gasteiger partial charge is 0.381 e. The first-order chi connectivity index (χ1) is 11.8. The van der Waals surface area contributed by atoms with E-state index in [2.05, 4.69) is 51.8 Å². The van der Waals surface area contributed by atoms with Crippen LogP contribution in [0.25, 0.3) is 0 Å². The molecule has 2 saturated heterocycles. The highest BCUT2D eigenvalue weighted by molar-refractivity contribution is 8.00. The number of hydrogen-bond donors (Lipinski definition) is 1. The molecule has 1 aromatic carbocycles. The molecule has 2 aliphatic heterocycles. The third-order valence-electron chi connectivity index (χ3n) is 5.38. The van der Waals surface area contributed by atoms with Crippen LogP contribution in [0.1, 0.15) is 30.7 Å². The zero-order valence-corrected chi connectivity index (χ0v) is 15.6. The molecule has 1 aromatic rings. The molecule has 24 heavy (non-hydrogen) atoms. The number of thioether (sulfide) groups is 1. The zero-order valence-electron chi connectivity index (χ0n) is 14.8. The third kappa shape index (κ3) is 4.06. The zero-order chi connectivity index (χ0) is 16.8. The van der Waals surface area contributed by atoms with Gasteiger partial charge >= 0.3 is 0 Å². The lowest BCUT2D eigenvalue weighted by molar-refractivity contribution is 0.0781. The van der Waals surface area contributed by atoms with Gasteiger partial charge in [-0.1, -0.05) is 30.3 Å². The number of likely N-dealkylation sites (tertiary alicyclic amines) is 1. The van der Waals surface area contributed by atoms with Crippen LogP contribution in [0.2, 0.25) is 0 Å². The summed E-state index contributed by atoms with van der Waals surface area (Å²) in [6, 6.07) is 10.9. The summed E-state index contributed by atoms with van der Waals surface area (Å²) >= 11 is 1.97. The maximum Gasteiger partial charge on any atom is 0.193 e. The van der Waals surface area contributed by atoms with Crippen molar-refractivity contribution >= 4 is 17.7 Å². The molecule has 0 bridgehead atoms. The highest BCUT2D eigenvalue weighted by atomic mass is 32.2. The smallest absolute Gasteiger partial charge is 0.193 e.